The average Bonchev–Trinajstić information content (AvgIpc) is 3.35. The highest BCUT2D eigenvalue weighted by molar-refractivity contribution is 5.73. The molecule has 9 nitrogen and oxygen atoms in total. The minimum Gasteiger partial charge on any atom is -0.365 e. The number of aryl methyl sites for hydroxylation is 1. The monoisotopic (exact) mass is 391 g/mol. The Morgan fingerprint density at radius 2 is 2.14 bits per heavy atom. The van der Waals surface area contributed by atoms with E-state index in [1.54, 1.807) is 6.20 Å². The highest BCUT2D eigenvalue weighted by Crippen LogP contribution is 2.37. The van der Waals surface area contributed by atoms with Crippen molar-refractivity contribution < 1.29 is 0 Å². The van der Waals surface area contributed by atoms with Gasteiger partial charge in [0, 0.05) is 49.0 Å². The fourth-order valence-electron chi connectivity index (χ4n) is 4.84. The predicted molar refractivity (Wildman–Crippen MR) is 110 cm³/mol. The Hall–Kier alpha value is -3.12. The van der Waals surface area contributed by atoms with Crippen LogP contribution in [0.1, 0.15) is 37.8 Å². The van der Waals surface area contributed by atoms with Gasteiger partial charge < -0.3 is 10.6 Å². The third-order valence-corrected chi connectivity index (χ3v) is 6.06. The molecule has 2 saturated heterocycles. The molecule has 2 fully saturated rings. The summed E-state index contributed by atoms with van der Waals surface area (Å²) in [4.78, 5) is 7.34. The van der Waals surface area contributed by atoms with Crippen molar-refractivity contribution in [3.05, 3.63) is 30.1 Å². The van der Waals surface area contributed by atoms with Crippen LogP contribution in [-0.4, -0.2) is 54.4 Å². The molecule has 3 aromatic heterocycles. The first-order valence-electron chi connectivity index (χ1n) is 10.2. The second-order valence-electron chi connectivity index (χ2n) is 8.01. The Morgan fingerprint density at radius 1 is 1.31 bits per heavy atom. The molecule has 2 bridgehead atoms. The van der Waals surface area contributed by atoms with Gasteiger partial charge in [-0.05, 0) is 44.7 Å². The first kappa shape index (κ1) is 17.9. The largest absolute Gasteiger partial charge is 0.365 e. The minimum absolute atomic E-state index is 0.380. The molecule has 0 saturated carbocycles. The standard InChI is InChI=1S/C20H25N9/c1-13-10-18(27-26-13)24-20-25-19(17-4-2-8-22-29(17)20)23-14-11-15-5-6-16(12-14)28(15)9-3-7-21/h2,4,8,10,14-16,23H,3,5-6,9,11-12H2,1H3,(H2,24,25,26,27)/t14-,15-,16+. The van der Waals surface area contributed by atoms with E-state index in [9.17, 15) is 0 Å². The number of anilines is 3. The Labute approximate surface area is 169 Å². The normalized spacial score (nSPS) is 23.9. The van der Waals surface area contributed by atoms with E-state index in [1.807, 2.05) is 29.6 Å². The first-order valence-corrected chi connectivity index (χ1v) is 10.2. The third kappa shape index (κ3) is 3.40. The molecule has 5 heterocycles. The highest BCUT2D eigenvalue weighted by Gasteiger charge is 2.40. The van der Waals surface area contributed by atoms with Crippen LogP contribution in [0.15, 0.2) is 24.4 Å². The third-order valence-electron chi connectivity index (χ3n) is 6.06. The Balaban J connectivity index is 1.36. The summed E-state index contributed by atoms with van der Waals surface area (Å²) in [6, 6.07) is 9.69. The van der Waals surface area contributed by atoms with E-state index in [0.717, 1.165) is 42.2 Å². The van der Waals surface area contributed by atoms with Gasteiger partial charge in [0.15, 0.2) is 11.6 Å². The number of imidazole rings is 1. The smallest absolute Gasteiger partial charge is 0.232 e. The maximum atomic E-state index is 8.93. The molecule has 5 rings (SSSR count). The number of nitrogens with zero attached hydrogens (tertiary/aromatic N) is 6. The van der Waals surface area contributed by atoms with Crippen molar-refractivity contribution >= 4 is 23.1 Å². The second kappa shape index (κ2) is 7.37. The van der Waals surface area contributed by atoms with Crippen molar-refractivity contribution in [1.82, 2.24) is 29.7 Å². The van der Waals surface area contributed by atoms with Gasteiger partial charge in [-0.15, -0.1) is 0 Å². The number of aromatic amines is 1. The van der Waals surface area contributed by atoms with E-state index in [0.29, 0.717) is 30.5 Å². The van der Waals surface area contributed by atoms with E-state index < -0.39 is 0 Å². The number of fused-ring (bicyclic) bond motifs is 3. The summed E-state index contributed by atoms with van der Waals surface area (Å²) in [5.41, 5.74) is 1.93. The summed E-state index contributed by atoms with van der Waals surface area (Å²) in [7, 11) is 0. The minimum atomic E-state index is 0.380. The zero-order chi connectivity index (χ0) is 19.8. The van der Waals surface area contributed by atoms with E-state index in [1.165, 1.54) is 12.8 Å². The van der Waals surface area contributed by atoms with Crippen LogP contribution in [0.3, 0.4) is 0 Å². The molecule has 0 aliphatic carbocycles. The summed E-state index contributed by atoms with van der Waals surface area (Å²) < 4.78 is 1.81. The van der Waals surface area contributed by atoms with Gasteiger partial charge >= 0.3 is 0 Å². The Bertz CT molecular complexity index is 1030. The lowest BCUT2D eigenvalue weighted by Gasteiger charge is -2.38. The summed E-state index contributed by atoms with van der Waals surface area (Å²) in [6.07, 6.45) is 7.00. The summed E-state index contributed by atoms with van der Waals surface area (Å²) in [5, 5.41) is 27.5. The lowest BCUT2D eigenvalue weighted by molar-refractivity contribution is 0.136. The van der Waals surface area contributed by atoms with Crippen molar-refractivity contribution in [2.45, 2.75) is 57.2 Å². The van der Waals surface area contributed by atoms with E-state index >= 15 is 0 Å². The molecule has 2 aliphatic heterocycles. The van der Waals surface area contributed by atoms with Gasteiger partial charge in [-0.25, -0.2) is 0 Å². The van der Waals surface area contributed by atoms with Gasteiger partial charge in [-0.3, -0.25) is 10.00 Å². The summed E-state index contributed by atoms with van der Waals surface area (Å²) in [6.45, 7) is 2.86. The molecular formula is C20H25N9. The van der Waals surface area contributed by atoms with Crippen LogP contribution in [0.25, 0.3) is 5.52 Å². The second-order valence-corrected chi connectivity index (χ2v) is 8.01. The zero-order valence-electron chi connectivity index (χ0n) is 16.5. The van der Waals surface area contributed by atoms with Crippen LogP contribution in [0.5, 0.6) is 0 Å². The molecule has 2 aliphatic rings. The number of nitrogens with one attached hydrogen (secondary N) is 3. The van der Waals surface area contributed by atoms with Gasteiger partial charge in [-0.2, -0.15) is 25.0 Å². The summed E-state index contributed by atoms with van der Waals surface area (Å²) >= 11 is 0. The fraction of sp³-hybridized carbons (Fsp3) is 0.500. The van der Waals surface area contributed by atoms with Crippen molar-refractivity contribution in [1.29, 1.82) is 5.26 Å². The number of piperidine rings is 1. The van der Waals surface area contributed by atoms with Gasteiger partial charge in [0.05, 0.1) is 6.07 Å². The molecule has 0 amide bonds. The van der Waals surface area contributed by atoms with Crippen LogP contribution in [0.4, 0.5) is 17.6 Å². The molecule has 150 valence electrons. The lowest BCUT2D eigenvalue weighted by Crippen LogP contribution is -2.47. The maximum Gasteiger partial charge on any atom is 0.232 e. The predicted octanol–water partition coefficient (Wildman–Crippen LogP) is 2.83. The molecule has 9 heteroatoms. The van der Waals surface area contributed by atoms with Crippen LogP contribution in [-0.2, 0) is 0 Å². The van der Waals surface area contributed by atoms with Gasteiger partial charge in [0.25, 0.3) is 0 Å². The van der Waals surface area contributed by atoms with Gasteiger partial charge in [-0.1, -0.05) is 0 Å². The van der Waals surface area contributed by atoms with Crippen LogP contribution in [0.2, 0.25) is 0 Å². The van der Waals surface area contributed by atoms with E-state index in [4.69, 9.17) is 10.2 Å². The quantitative estimate of drug-likeness (QED) is 0.593. The fourth-order valence-corrected chi connectivity index (χ4v) is 4.84. The number of aromatic nitrogens is 5. The van der Waals surface area contributed by atoms with Crippen molar-refractivity contribution in [3.63, 3.8) is 0 Å². The molecule has 0 spiro atoms. The molecule has 3 atom stereocenters. The lowest BCUT2D eigenvalue weighted by atomic mass is 9.97. The number of hydrogen-bond donors (Lipinski definition) is 3. The van der Waals surface area contributed by atoms with E-state index in [2.05, 4.69) is 36.9 Å². The number of rotatable bonds is 6. The van der Waals surface area contributed by atoms with Crippen LogP contribution < -0.4 is 10.6 Å². The van der Waals surface area contributed by atoms with Crippen molar-refractivity contribution in [2.24, 2.45) is 0 Å². The number of hydrogen-bond acceptors (Lipinski definition) is 7. The van der Waals surface area contributed by atoms with Crippen molar-refractivity contribution in [3.8, 4) is 6.07 Å². The zero-order valence-corrected chi connectivity index (χ0v) is 16.5. The van der Waals surface area contributed by atoms with E-state index in [-0.39, 0.29) is 0 Å². The molecule has 0 radical (unpaired) electrons. The number of nitriles is 1. The maximum absolute atomic E-state index is 8.93. The van der Waals surface area contributed by atoms with Gasteiger partial charge in [0.2, 0.25) is 5.95 Å². The van der Waals surface area contributed by atoms with Crippen LogP contribution in [0, 0.1) is 18.3 Å². The highest BCUT2D eigenvalue weighted by atomic mass is 15.4. The van der Waals surface area contributed by atoms with Gasteiger partial charge in [0.1, 0.15) is 5.52 Å². The number of H-pyrrole nitrogens is 1. The SMILES string of the molecule is Cc1cc(Nc2nc(N[C@@H]3C[C@H]4CC[C@@H](C3)N4CCC#N)c3cccnn23)n[nH]1. The van der Waals surface area contributed by atoms with Crippen LogP contribution >= 0.6 is 0 Å². The van der Waals surface area contributed by atoms with Crippen molar-refractivity contribution in [2.75, 3.05) is 17.2 Å². The summed E-state index contributed by atoms with van der Waals surface area (Å²) in [5.74, 6) is 2.21. The Kier molecular flexibility index (Phi) is 4.56. The molecule has 3 N–H and O–H groups in total. The molecule has 0 aromatic carbocycles. The molecule has 3 aromatic rings. The Morgan fingerprint density at radius 3 is 2.86 bits per heavy atom. The average molecular weight is 391 g/mol. The topological polar surface area (TPSA) is 110 Å². The first-order chi connectivity index (χ1) is 14.2. The molecule has 29 heavy (non-hydrogen) atoms. The molecule has 0 unspecified atom stereocenters. The molecular weight excluding hydrogens is 366 g/mol.